The number of likely N-dealkylation sites (tertiary alicyclic amines) is 1. The molecule has 1 atom stereocenters. The van der Waals surface area contributed by atoms with Crippen LogP contribution in [0, 0.1) is 11.7 Å². The van der Waals surface area contributed by atoms with E-state index in [1.807, 2.05) is 23.1 Å². The number of hydrogen-bond donors (Lipinski definition) is 0. The van der Waals surface area contributed by atoms with Gasteiger partial charge in [0.05, 0.1) is 5.56 Å². The third-order valence-corrected chi connectivity index (χ3v) is 6.21. The molecule has 0 bridgehead atoms. The molecule has 1 amide bonds. The van der Waals surface area contributed by atoms with E-state index in [2.05, 4.69) is 9.88 Å². The Labute approximate surface area is 172 Å². The first-order chi connectivity index (χ1) is 14.2. The molecule has 0 spiro atoms. The molecule has 3 heterocycles. The van der Waals surface area contributed by atoms with E-state index >= 15 is 0 Å². The van der Waals surface area contributed by atoms with Crippen molar-refractivity contribution in [1.29, 1.82) is 0 Å². The maximum Gasteiger partial charge on any atom is 0.257 e. The number of carbonyl (C=O) groups is 1. The number of aryl methyl sites for hydroxylation is 1. The Kier molecular flexibility index (Phi) is 6.43. The Morgan fingerprint density at radius 1 is 1.07 bits per heavy atom. The molecule has 1 aromatic heterocycles. The summed E-state index contributed by atoms with van der Waals surface area (Å²) in [5, 5.41) is 0. The van der Waals surface area contributed by atoms with Crippen LogP contribution in [-0.2, 0) is 6.42 Å². The predicted octanol–water partition coefficient (Wildman–Crippen LogP) is 4.70. The van der Waals surface area contributed by atoms with E-state index in [0.29, 0.717) is 5.92 Å². The summed E-state index contributed by atoms with van der Waals surface area (Å²) in [5.41, 5.74) is 1.79. The molecule has 0 aliphatic carbocycles. The number of benzene rings is 1. The highest BCUT2D eigenvalue weighted by atomic mass is 19.1. The lowest BCUT2D eigenvalue weighted by Gasteiger charge is -2.35. The SMILES string of the molecule is O=C(c1cccnc1N1CCCC(CCc2cccc(F)c2)C1)N1CCCCC1. The van der Waals surface area contributed by atoms with Crippen LogP contribution < -0.4 is 4.90 Å². The molecule has 4 nitrogen and oxygen atoms in total. The summed E-state index contributed by atoms with van der Waals surface area (Å²) in [7, 11) is 0. The molecule has 1 aromatic carbocycles. The Balaban J connectivity index is 1.43. The van der Waals surface area contributed by atoms with Crippen molar-refractivity contribution in [2.24, 2.45) is 5.92 Å². The van der Waals surface area contributed by atoms with Gasteiger partial charge in [0.15, 0.2) is 0 Å². The highest BCUT2D eigenvalue weighted by molar-refractivity contribution is 5.99. The number of hydrogen-bond acceptors (Lipinski definition) is 3. The normalized spacial score (nSPS) is 20.0. The van der Waals surface area contributed by atoms with Crippen LogP contribution >= 0.6 is 0 Å². The van der Waals surface area contributed by atoms with E-state index < -0.39 is 0 Å². The monoisotopic (exact) mass is 395 g/mol. The molecule has 5 heteroatoms. The van der Waals surface area contributed by atoms with Gasteiger partial charge in [0, 0.05) is 32.4 Å². The Bertz CT molecular complexity index is 834. The van der Waals surface area contributed by atoms with E-state index in [1.54, 1.807) is 18.3 Å². The van der Waals surface area contributed by atoms with E-state index in [9.17, 15) is 9.18 Å². The van der Waals surface area contributed by atoms with E-state index in [-0.39, 0.29) is 11.7 Å². The summed E-state index contributed by atoms with van der Waals surface area (Å²) >= 11 is 0. The summed E-state index contributed by atoms with van der Waals surface area (Å²) in [4.78, 5) is 22.0. The van der Waals surface area contributed by atoms with Gasteiger partial charge in [0.2, 0.25) is 0 Å². The molecular formula is C24H30FN3O. The fraction of sp³-hybridized carbons (Fsp3) is 0.500. The van der Waals surface area contributed by atoms with Crippen LogP contribution in [0.2, 0.25) is 0 Å². The molecule has 0 N–H and O–H groups in total. The number of halogens is 1. The standard InChI is InChI=1S/C24H30FN3O/c25-21-9-4-7-19(17-21)11-12-20-8-6-16-28(18-20)23-22(10-5-13-26-23)24(29)27-14-2-1-3-15-27/h4-5,7,9-10,13,17,20H,1-3,6,8,11-12,14-16,18H2. The van der Waals surface area contributed by atoms with Crippen molar-refractivity contribution < 1.29 is 9.18 Å². The number of piperidine rings is 2. The lowest BCUT2D eigenvalue weighted by molar-refractivity contribution is 0.0724. The van der Waals surface area contributed by atoms with Gasteiger partial charge in [-0.2, -0.15) is 0 Å². The van der Waals surface area contributed by atoms with Crippen LogP contribution in [0.5, 0.6) is 0 Å². The molecule has 2 aliphatic heterocycles. The molecule has 2 saturated heterocycles. The second-order valence-electron chi connectivity index (χ2n) is 8.35. The van der Waals surface area contributed by atoms with Gasteiger partial charge < -0.3 is 9.80 Å². The van der Waals surface area contributed by atoms with Crippen LogP contribution in [-0.4, -0.2) is 42.0 Å². The zero-order valence-electron chi connectivity index (χ0n) is 17.0. The van der Waals surface area contributed by atoms with Gasteiger partial charge in [-0.25, -0.2) is 9.37 Å². The van der Waals surface area contributed by atoms with Gasteiger partial charge >= 0.3 is 0 Å². The van der Waals surface area contributed by atoms with Gasteiger partial charge in [-0.05, 0) is 80.7 Å². The molecule has 0 radical (unpaired) electrons. The molecule has 2 aromatic rings. The third kappa shape index (κ3) is 4.95. The van der Waals surface area contributed by atoms with Crippen molar-refractivity contribution in [1.82, 2.24) is 9.88 Å². The highest BCUT2D eigenvalue weighted by Gasteiger charge is 2.27. The first-order valence-electron chi connectivity index (χ1n) is 10.9. The van der Waals surface area contributed by atoms with Crippen LogP contribution in [0.4, 0.5) is 10.2 Å². The summed E-state index contributed by atoms with van der Waals surface area (Å²) in [6.07, 6.45) is 9.37. The van der Waals surface area contributed by atoms with Crippen LogP contribution in [0.25, 0.3) is 0 Å². The van der Waals surface area contributed by atoms with Crippen molar-refractivity contribution >= 4 is 11.7 Å². The largest absolute Gasteiger partial charge is 0.356 e. The molecule has 154 valence electrons. The topological polar surface area (TPSA) is 36.4 Å². The van der Waals surface area contributed by atoms with Gasteiger partial charge in [0.1, 0.15) is 11.6 Å². The maximum atomic E-state index is 13.4. The average molecular weight is 396 g/mol. The number of carbonyl (C=O) groups excluding carboxylic acids is 1. The van der Waals surface area contributed by atoms with Gasteiger partial charge in [-0.1, -0.05) is 12.1 Å². The van der Waals surface area contributed by atoms with Crippen molar-refractivity contribution in [3.63, 3.8) is 0 Å². The number of anilines is 1. The quantitative estimate of drug-likeness (QED) is 0.737. The minimum atomic E-state index is -0.165. The number of nitrogens with zero attached hydrogens (tertiary/aromatic N) is 3. The smallest absolute Gasteiger partial charge is 0.257 e. The van der Waals surface area contributed by atoms with Crippen molar-refractivity contribution in [2.45, 2.75) is 44.9 Å². The first-order valence-corrected chi connectivity index (χ1v) is 10.9. The van der Waals surface area contributed by atoms with Crippen LogP contribution in [0.3, 0.4) is 0 Å². The highest BCUT2D eigenvalue weighted by Crippen LogP contribution is 2.28. The van der Waals surface area contributed by atoms with E-state index in [4.69, 9.17) is 0 Å². The maximum absolute atomic E-state index is 13.4. The molecule has 2 fully saturated rings. The minimum absolute atomic E-state index is 0.120. The van der Waals surface area contributed by atoms with Gasteiger partial charge in [-0.3, -0.25) is 4.79 Å². The van der Waals surface area contributed by atoms with Crippen molar-refractivity contribution in [3.8, 4) is 0 Å². The Hall–Kier alpha value is -2.43. The fourth-order valence-electron chi connectivity index (χ4n) is 4.64. The Morgan fingerprint density at radius 3 is 2.76 bits per heavy atom. The molecule has 4 rings (SSSR count). The number of amides is 1. The zero-order chi connectivity index (χ0) is 20.1. The number of aromatic nitrogens is 1. The summed E-state index contributed by atoms with van der Waals surface area (Å²) < 4.78 is 13.4. The predicted molar refractivity (Wildman–Crippen MR) is 114 cm³/mol. The third-order valence-electron chi connectivity index (χ3n) is 6.21. The van der Waals surface area contributed by atoms with Crippen LogP contribution in [0.15, 0.2) is 42.6 Å². The number of rotatable bonds is 5. The molecule has 2 aliphatic rings. The second-order valence-corrected chi connectivity index (χ2v) is 8.35. The second kappa shape index (κ2) is 9.38. The summed E-state index contributed by atoms with van der Waals surface area (Å²) in [6, 6.07) is 10.7. The minimum Gasteiger partial charge on any atom is -0.356 e. The molecular weight excluding hydrogens is 365 g/mol. The average Bonchev–Trinajstić information content (AvgIpc) is 2.78. The van der Waals surface area contributed by atoms with Gasteiger partial charge in [0.25, 0.3) is 5.91 Å². The van der Waals surface area contributed by atoms with Crippen molar-refractivity contribution in [2.75, 3.05) is 31.1 Å². The number of pyridine rings is 1. The Morgan fingerprint density at radius 2 is 1.93 bits per heavy atom. The van der Waals surface area contributed by atoms with Gasteiger partial charge in [-0.15, -0.1) is 0 Å². The fourth-order valence-corrected chi connectivity index (χ4v) is 4.64. The van der Waals surface area contributed by atoms with Crippen LogP contribution in [0.1, 0.15) is 54.4 Å². The van der Waals surface area contributed by atoms with E-state index in [1.165, 1.54) is 18.9 Å². The van der Waals surface area contributed by atoms with E-state index in [0.717, 1.165) is 75.2 Å². The zero-order valence-corrected chi connectivity index (χ0v) is 17.0. The first kappa shape index (κ1) is 19.9. The van der Waals surface area contributed by atoms with Crippen molar-refractivity contribution in [3.05, 3.63) is 59.5 Å². The lowest BCUT2D eigenvalue weighted by Crippen LogP contribution is -2.40. The summed E-state index contributed by atoms with van der Waals surface area (Å²) in [5.74, 6) is 1.32. The molecule has 1 unspecified atom stereocenters. The molecule has 0 saturated carbocycles. The molecule has 29 heavy (non-hydrogen) atoms. The summed E-state index contributed by atoms with van der Waals surface area (Å²) in [6.45, 7) is 3.55. The lowest BCUT2D eigenvalue weighted by atomic mass is 9.91.